The third-order valence-corrected chi connectivity index (χ3v) is 4.32. The van der Waals surface area contributed by atoms with Gasteiger partial charge in [-0.1, -0.05) is 6.07 Å². The number of nitrogens with zero attached hydrogens (tertiary/aromatic N) is 1. The van der Waals surface area contributed by atoms with Crippen molar-refractivity contribution in [3.63, 3.8) is 0 Å². The standard InChI is InChI=1S/C18H18F2N2O3/c19-12-2-1-3-13(20)16(12)18(24)22-14-4-7-21-17(14)15(23)10-11-5-8-25-9-6-11/h1-4,11H,5-10H2,(H,22,24). The van der Waals surface area contributed by atoms with Gasteiger partial charge in [0, 0.05) is 19.6 Å². The summed E-state index contributed by atoms with van der Waals surface area (Å²) in [5.41, 5.74) is -0.298. The van der Waals surface area contributed by atoms with E-state index in [0.29, 0.717) is 19.6 Å². The van der Waals surface area contributed by atoms with Crippen LogP contribution in [0.25, 0.3) is 0 Å². The lowest BCUT2D eigenvalue weighted by molar-refractivity contribution is -0.114. The Balaban J connectivity index is 1.67. The van der Waals surface area contributed by atoms with Crippen LogP contribution >= 0.6 is 0 Å². The van der Waals surface area contributed by atoms with Gasteiger partial charge in [-0.05, 0) is 37.0 Å². The molecule has 3 rings (SSSR count). The first kappa shape index (κ1) is 17.4. The average Bonchev–Trinajstić information content (AvgIpc) is 3.04. The Labute approximate surface area is 143 Å². The Morgan fingerprint density at radius 1 is 1.20 bits per heavy atom. The van der Waals surface area contributed by atoms with Crippen LogP contribution in [0.3, 0.4) is 0 Å². The van der Waals surface area contributed by atoms with Gasteiger partial charge in [0.2, 0.25) is 0 Å². The number of hydrogen-bond donors (Lipinski definition) is 1. The Hall–Kier alpha value is -2.41. The zero-order valence-electron chi connectivity index (χ0n) is 13.6. The predicted molar refractivity (Wildman–Crippen MR) is 87.4 cm³/mol. The fourth-order valence-electron chi connectivity index (χ4n) is 2.97. The Morgan fingerprint density at radius 2 is 1.88 bits per heavy atom. The minimum atomic E-state index is -0.955. The second-order valence-corrected chi connectivity index (χ2v) is 6.04. The van der Waals surface area contributed by atoms with Crippen molar-refractivity contribution < 1.29 is 23.1 Å². The molecule has 0 spiro atoms. The third-order valence-electron chi connectivity index (χ3n) is 4.32. The van der Waals surface area contributed by atoms with Gasteiger partial charge in [0.05, 0.1) is 12.2 Å². The molecule has 2 aliphatic rings. The van der Waals surface area contributed by atoms with Gasteiger partial charge in [-0.3, -0.25) is 14.6 Å². The lowest BCUT2D eigenvalue weighted by Gasteiger charge is -2.21. The molecule has 1 fully saturated rings. The van der Waals surface area contributed by atoms with E-state index in [9.17, 15) is 18.4 Å². The van der Waals surface area contributed by atoms with Crippen LogP contribution in [0.1, 0.15) is 29.6 Å². The summed E-state index contributed by atoms with van der Waals surface area (Å²) in [6, 6.07) is 3.19. The molecule has 0 bridgehead atoms. The van der Waals surface area contributed by atoms with E-state index in [1.54, 1.807) is 6.08 Å². The number of ketones is 1. The van der Waals surface area contributed by atoms with Gasteiger partial charge < -0.3 is 10.1 Å². The fourth-order valence-corrected chi connectivity index (χ4v) is 2.97. The first-order valence-electron chi connectivity index (χ1n) is 8.17. The lowest BCUT2D eigenvalue weighted by atomic mass is 9.92. The Kier molecular flexibility index (Phi) is 5.33. The lowest BCUT2D eigenvalue weighted by Crippen LogP contribution is -2.32. The Bertz CT molecular complexity index is 732. The van der Waals surface area contributed by atoms with Gasteiger partial charge in [-0.25, -0.2) is 8.78 Å². The highest BCUT2D eigenvalue weighted by molar-refractivity contribution is 6.47. The number of carbonyl (C=O) groups is 2. The van der Waals surface area contributed by atoms with Crippen LogP contribution < -0.4 is 5.32 Å². The van der Waals surface area contributed by atoms with Gasteiger partial charge in [0.1, 0.15) is 22.9 Å². The van der Waals surface area contributed by atoms with Crippen LogP contribution in [-0.2, 0) is 9.53 Å². The molecule has 0 atom stereocenters. The van der Waals surface area contributed by atoms with E-state index >= 15 is 0 Å². The van der Waals surface area contributed by atoms with Gasteiger partial charge in [0.15, 0.2) is 5.78 Å². The van der Waals surface area contributed by atoms with Crippen LogP contribution in [0.15, 0.2) is 35.0 Å². The predicted octanol–water partition coefficient (Wildman–Crippen LogP) is 2.42. The van der Waals surface area contributed by atoms with Crippen LogP contribution in [0.4, 0.5) is 8.78 Å². The summed E-state index contributed by atoms with van der Waals surface area (Å²) in [5, 5.41) is 2.41. The molecule has 25 heavy (non-hydrogen) atoms. The molecular formula is C18H18F2N2O3. The number of aliphatic imine (C=N–C) groups is 1. The smallest absolute Gasteiger partial charge is 0.261 e. The Morgan fingerprint density at radius 3 is 2.56 bits per heavy atom. The van der Waals surface area contributed by atoms with Gasteiger partial charge in [-0.2, -0.15) is 0 Å². The molecule has 1 amide bonds. The van der Waals surface area contributed by atoms with Crippen molar-refractivity contribution in [3.8, 4) is 0 Å². The molecule has 0 aromatic heterocycles. The van der Waals surface area contributed by atoms with Crippen molar-refractivity contribution >= 4 is 17.4 Å². The SMILES string of the molecule is O=C(CC1CCOCC1)C1=NCC=C1NC(=O)c1c(F)cccc1F. The molecule has 0 aliphatic carbocycles. The van der Waals surface area contributed by atoms with E-state index in [-0.39, 0.29) is 29.7 Å². The van der Waals surface area contributed by atoms with Gasteiger partial charge >= 0.3 is 0 Å². The highest BCUT2D eigenvalue weighted by Gasteiger charge is 2.27. The van der Waals surface area contributed by atoms with E-state index in [1.807, 2.05) is 0 Å². The molecule has 1 N–H and O–H groups in total. The van der Waals surface area contributed by atoms with Crippen LogP contribution in [0.2, 0.25) is 0 Å². The second kappa shape index (κ2) is 7.65. The molecule has 0 radical (unpaired) electrons. The normalized spacial score (nSPS) is 17.8. The maximum absolute atomic E-state index is 13.7. The van der Waals surface area contributed by atoms with Crippen molar-refractivity contribution in [2.75, 3.05) is 19.8 Å². The maximum atomic E-state index is 13.7. The van der Waals surface area contributed by atoms with Crippen molar-refractivity contribution in [1.82, 2.24) is 5.32 Å². The first-order chi connectivity index (χ1) is 12.1. The zero-order chi connectivity index (χ0) is 17.8. The maximum Gasteiger partial charge on any atom is 0.261 e. The van der Waals surface area contributed by atoms with Crippen molar-refractivity contribution in [2.24, 2.45) is 10.9 Å². The number of amides is 1. The van der Waals surface area contributed by atoms with Crippen LogP contribution in [0.5, 0.6) is 0 Å². The molecule has 5 nitrogen and oxygen atoms in total. The number of benzene rings is 1. The summed E-state index contributed by atoms with van der Waals surface area (Å²) < 4.78 is 32.7. The van der Waals surface area contributed by atoms with Gasteiger partial charge in [-0.15, -0.1) is 0 Å². The van der Waals surface area contributed by atoms with Crippen molar-refractivity contribution in [3.05, 3.63) is 47.2 Å². The number of allylic oxidation sites excluding steroid dienone is 1. The van der Waals surface area contributed by atoms with Crippen molar-refractivity contribution in [2.45, 2.75) is 19.3 Å². The highest BCUT2D eigenvalue weighted by Crippen LogP contribution is 2.21. The summed E-state index contributed by atoms with van der Waals surface area (Å²) in [7, 11) is 0. The van der Waals surface area contributed by atoms with Crippen LogP contribution in [0, 0.1) is 17.6 Å². The molecule has 0 unspecified atom stereocenters. The number of rotatable bonds is 5. The van der Waals surface area contributed by atoms with Crippen molar-refractivity contribution in [1.29, 1.82) is 0 Å². The summed E-state index contributed by atoms with van der Waals surface area (Å²) in [6.07, 6.45) is 3.51. The van der Waals surface area contributed by atoms with E-state index in [1.165, 1.54) is 6.07 Å². The van der Waals surface area contributed by atoms with E-state index in [2.05, 4.69) is 10.3 Å². The quantitative estimate of drug-likeness (QED) is 0.889. The molecule has 132 valence electrons. The number of halogens is 2. The van der Waals surface area contributed by atoms with E-state index in [4.69, 9.17) is 4.74 Å². The monoisotopic (exact) mass is 348 g/mol. The molecular weight excluding hydrogens is 330 g/mol. The molecule has 0 saturated carbocycles. The fraction of sp³-hybridized carbons (Fsp3) is 0.389. The molecule has 1 aromatic carbocycles. The number of nitrogens with one attached hydrogen (secondary N) is 1. The minimum Gasteiger partial charge on any atom is -0.381 e. The zero-order valence-corrected chi connectivity index (χ0v) is 13.6. The number of carbonyl (C=O) groups excluding carboxylic acids is 2. The molecule has 2 aliphatic heterocycles. The third kappa shape index (κ3) is 3.99. The average molecular weight is 348 g/mol. The largest absolute Gasteiger partial charge is 0.381 e. The van der Waals surface area contributed by atoms with E-state index in [0.717, 1.165) is 25.0 Å². The summed E-state index contributed by atoms with van der Waals surface area (Å²) in [5.74, 6) is -2.79. The number of Topliss-reactive ketones (excluding diaryl/α,β-unsaturated/α-hetero) is 1. The van der Waals surface area contributed by atoms with Gasteiger partial charge in [0.25, 0.3) is 5.91 Å². The molecule has 7 heteroatoms. The summed E-state index contributed by atoms with van der Waals surface area (Å²) in [6.45, 7) is 1.52. The summed E-state index contributed by atoms with van der Waals surface area (Å²) in [4.78, 5) is 28.8. The molecule has 1 aromatic rings. The summed E-state index contributed by atoms with van der Waals surface area (Å²) >= 11 is 0. The topological polar surface area (TPSA) is 67.8 Å². The molecule has 2 heterocycles. The molecule has 1 saturated heterocycles. The van der Waals surface area contributed by atoms with Crippen LogP contribution in [-0.4, -0.2) is 37.2 Å². The number of hydrogen-bond acceptors (Lipinski definition) is 4. The first-order valence-corrected chi connectivity index (χ1v) is 8.17. The highest BCUT2D eigenvalue weighted by atomic mass is 19.1. The van der Waals surface area contributed by atoms with E-state index < -0.39 is 23.1 Å². The minimum absolute atomic E-state index is 0.164. The second-order valence-electron chi connectivity index (χ2n) is 6.04. The number of ether oxygens (including phenoxy) is 1.